The highest BCUT2D eigenvalue weighted by Gasteiger charge is 2.12. The fraction of sp³-hybridized carbons (Fsp3) is 0.462. The summed E-state index contributed by atoms with van der Waals surface area (Å²) in [7, 11) is 1.84. The molecule has 0 aliphatic carbocycles. The molecular weight excluding hydrogens is 276 g/mol. The lowest BCUT2D eigenvalue weighted by atomic mass is 10.1. The van der Waals surface area contributed by atoms with E-state index in [1.807, 2.05) is 7.05 Å². The zero-order valence-corrected chi connectivity index (χ0v) is 12.2. The Morgan fingerprint density at radius 3 is 2.50 bits per heavy atom. The molecule has 108 valence electrons. The molecule has 1 aromatic carbocycles. The average molecular weight is 295 g/mol. The Morgan fingerprint density at radius 2 is 1.90 bits per heavy atom. The molecular formula is C13H19ClN6. The Balaban J connectivity index is 0.00000147. The van der Waals surface area contributed by atoms with Crippen molar-refractivity contribution in [3.8, 4) is 11.4 Å². The molecule has 3 rings (SSSR count). The van der Waals surface area contributed by atoms with Crippen LogP contribution in [0.1, 0.15) is 12.8 Å². The normalized spacial score (nSPS) is 15.7. The lowest BCUT2D eigenvalue weighted by molar-refractivity contribution is 0.479. The summed E-state index contributed by atoms with van der Waals surface area (Å²) in [6.45, 7) is 2.20. The van der Waals surface area contributed by atoms with Gasteiger partial charge in [-0.2, -0.15) is 0 Å². The fourth-order valence-corrected chi connectivity index (χ4v) is 2.39. The van der Waals surface area contributed by atoms with Gasteiger partial charge in [-0.1, -0.05) is 0 Å². The van der Waals surface area contributed by atoms with Gasteiger partial charge in [-0.15, -0.1) is 17.5 Å². The molecule has 1 aliphatic heterocycles. The summed E-state index contributed by atoms with van der Waals surface area (Å²) in [5, 5.41) is 18.4. The number of rotatable bonds is 3. The standard InChI is InChI=1S/C13H18N6.ClH/c1-19-13(16-17-18-19)10-2-4-11(5-3-10)15-12-6-8-14-9-7-12;/h2-5,12,14-15H,6-9H2,1H3;1H. The smallest absolute Gasteiger partial charge is 0.181 e. The zero-order chi connectivity index (χ0) is 13.1. The monoisotopic (exact) mass is 294 g/mol. The Labute approximate surface area is 124 Å². The average Bonchev–Trinajstić information content (AvgIpc) is 2.87. The van der Waals surface area contributed by atoms with Gasteiger partial charge in [0, 0.05) is 24.3 Å². The predicted octanol–water partition coefficient (Wildman–Crippen LogP) is 1.46. The third kappa shape index (κ3) is 3.26. The quantitative estimate of drug-likeness (QED) is 0.897. The van der Waals surface area contributed by atoms with Gasteiger partial charge in [0.2, 0.25) is 0 Å². The summed E-state index contributed by atoms with van der Waals surface area (Å²) in [6.07, 6.45) is 2.35. The van der Waals surface area contributed by atoms with Crippen LogP contribution in [0.15, 0.2) is 24.3 Å². The largest absolute Gasteiger partial charge is 0.382 e. The predicted molar refractivity (Wildman–Crippen MR) is 81.0 cm³/mol. The van der Waals surface area contributed by atoms with E-state index in [9.17, 15) is 0 Å². The Hall–Kier alpha value is -1.66. The van der Waals surface area contributed by atoms with Crippen LogP contribution in [0.2, 0.25) is 0 Å². The second-order valence-corrected chi connectivity index (χ2v) is 4.87. The molecule has 0 saturated carbocycles. The summed E-state index contributed by atoms with van der Waals surface area (Å²) < 4.78 is 1.68. The van der Waals surface area contributed by atoms with Crippen molar-refractivity contribution in [1.82, 2.24) is 25.5 Å². The summed E-state index contributed by atoms with van der Waals surface area (Å²) in [5.41, 5.74) is 2.19. The molecule has 2 aromatic rings. The van der Waals surface area contributed by atoms with Gasteiger partial charge in [-0.3, -0.25) is 0 Å². The van der Waals surface area contributed by atoms with Crippen LogP contribution < -0.4 is 10.6 Å². The van der Waals surface area contributed by atoms with Crippen molar-refractivity contribution in [2.75, 3.05) is 18.4 Å². The van der Waals surface area contributed by atoms with Gasteiger partial charge in [0.25, 0.3) is 0 Å². The Bertz CT molecular complexity index is 532. The third-order valence-electron chi connectivity index (χ3n) is 3.47. The fourth-order valence-electron chi connectivity index (χ4n) is 2.39. The maximum Gasteiger partial charge on any atom is 0.181 e. The number of hydrogen-bond acceptors (Lipinski definition) is 5. The number of halogens is 1. The van der Waals surface area contributed by atoms with Gasteiger partial charge < -0.3 is 10.6 Å². The number of piperidine rings is 1. The van der Waals surface area contributed by atoms with Crippen LogP contribution in [0.3, 0.4) is 0 Å². The lowest BCUT2D eigenvalue weighted by Gasteiger charge is -2.24. The van der Waals surface area contributed by atoms with E-state index in [-0.39, 0.29) is 12.4 Å². The van der Waals surface area contributed by atoms with Crippen LogP contribution in [0.25, 0.3) is 11.4 Å². The number of benzene rings is 1. The molecule has 2 N–H and O–H groups in total. The molecule has 0 unspecified atom stereocenters. The second kappa shape index (κ2) is 6.67. The summed E-state index contributed by atoms with van der Waals surface area (Å²) in [6, 6.07) is 8.85. The summed E-state index contributed by atoms with van der Waals surface area (Å²) >= 11 is 0. The molecule has 0 atom stereocenters. The van der Waals surface area contributed by atoms with Crippen molar-refractivity contribution < 1.29 is 0 Å². The van der Waals surface area contributed by atoms with E-state index in [1.54, 1.807) is 4.68 Å². The molecule has 1 aromatic heterocycles. The molecule has 1 fully saturated rings. The van der Waals surface area contributed by atoms with E-state index in [2.05, 4.69) is 50.4 Å². The number of aromatic nitrogens is 4. The minimum atomic E-state index is 0. The number of aryl methyl sites for hydroxylation is 1. The molecule has 1 saturated heterocycles. The van der Waals surface area contributed by atoms with Crippen molar-refractivity contribution in [2.24, 2.45) is 7.05 Å². The first-order valence-electron chi connectivity index (χ1n) is 6.63. The molecule has 0 amide bonds. The number of tetrazole rings is 1. The number of anilines is 1. The molecule has 20 heavy (non-hydrogen) atoms. The van der Waals surface area contributed by atoms with Crippen LogP contribution in [-0.4, -0.2) is 39.3 Å². The minimum absolute atomic E-state index is 0. The number of hydrogen-bond donors (Lipinski definition) is 2. The molecule has 1 aliphatic rings. The zero-order valence-electron chi connectivity index (χ0n) is 11.4. The number of nitrogens with zero attached hydrogens (tertiary/aromatic N) is 4. The summed E-state index contributed by atoms with van der Waals surface area (Å²) in [4.78, 5) is 0. The van der Waals surface area contributed by atoms with Gasteiger partial charge in [-0.25, -0.2) is 4.68 Å². The van der Waals surface area contributed by atoms with Crippen LogP contribution in [0.4, 0.5) is 5.69 Å². The molecule has 0 radical (unpaired) electrons. The van der Waals surface area contributed by atoms with Crippen molar-refractivity contribution in [2.45, 2.75) is 18.9 Å². The van der Waals surface area contributed by atoms with E-state index in [0.29, 0.717) is 6.04 Å². The van der Waals surface area contributed by atoms with Gasteiger partial charge in [0.15, 0.2) is 5.82 Å². The van der Waals surface area contributed by atoms with Crippen LogP contribution in [-0.2, 0) is 7.05 Å². The highest BCUT2D eigenvalue weighted by atomic mass is 35.5. The topological polar surface area (TPSA) is 67.7 Å². The second-order valence-electron chi connectivity index (χ2n) is 4.87. The highest BCUT2D eigenvalue weighted by Crippen LogP contribution is 2.19. The lowest BCUT2D eigenvalue weighted by Crippen LogP contribution is -2.35. The van der Waals surface area contributed by atoms with E-state index >= 15 is 0 Å². The summed E-state index contributed by atoms with van der Waals surface area (Å²) in [5.74, 6) is 0.786. The molecule has 6 nitrogen and oxygen atoms in total. The third-order valence-corrected chi connectivity index (χ3v) is 3.47. The Kier molecular flexibility index (Phi) is 4.92. The van der Waals surface area contributed by atoms with Gasteiger partial charge in [0.1, 0.15) is 0 Å². The maximum absolute atomic E-state index is 4.00. The molecule has 0 bridgehead atoms. The maximum atomic E-state index is 4.00. The van der Waals surface area contributed by atoms with Crippen molar-refractivity contribution in [3.63, 3.8) is 0 Å². The van der Waals surface area contributed by atoms with E-state index in [4.69, 9.17) is 0 Å². The first-order chi connectivity index (χ1) is 9.33. The number of nitrogens with one attached hydrogen (secondary N) is 2. The van der Waals surface area contributed by atoms with Crippen molar-refractivity contribution in [3.05, 3.63) is 24.3 Å². The minimum Gasteiger partial charge on any atom is -0.382 e. The van der Waals surface area contributed by atoms with Crippen molar-refractivity contribution >= 4 is 18.1 Å². The first kappa shape index (κ1) is 14.7. The van der Waals surface area contributed by atoms with E-state index in [0.717, 1.165) is 30.2 Å². The van der Waals surface area contributed by atoms with Crippen LogP contribution in [0, 0.1) is 0 Å². The van der Waals surface area contributed by atoms with E-state index < -0.39 is 0 Å². The van der Waals surface area contributed by atoms with Crippen LogP contribution in [0.5, 0.6) is 0 Å². The van der Waals surface area contributed by atoms with Gasteiger partial charge in [0.05, 0.1) is 0 Å². The van der Waals surface area contributed by atoms with Crippen molar-refractivity contribution in [1.29, 1.82) is 0 Å². The highest BCUT2D eigenvalue weighted by molar-refractivity contribution is 5.85. The van der Waals surface area contributed by atoms with Gasteiger partial charge >= 0.3 is 0 Å². The first-order valence-corrected chi connectivity index (χ1v) is 6.63. The SMILES string of the molecule is Cl.Cn1nnnc1-c1ccc(NC2CCNCC2)cc1. The van der Waals surface area contributed by atoms with Crippen LogP contribution >= 0.6 is 12.4 Å². The molecule has 0 spiro atoms. The van der Waals surface area contributed by atoms with E-state index in [1.165, 1.54) is 12.8 Å². The Morgan fingerprint density at radius 1 is 1.20 bits per heavy atom. The molecule has 2 heterocycles. The van der Waals surface area contributed by atoms with Gasteiger partial charge in [-0.05, 0) is 60.6 Å². The molecule has 7 heteroatoms.